The predicted octanol–water partition coefficient (Wildman–Crippen LogP) is 4.43. The largest absolute Gasteiger partial charge is 0.492 e. The molecule has 0 aliphatic carbocycles. The zero-order valence-corrected chi connectivity index (χ0v) is 15.6. The number of halogens is 2. The molecule has 1 heterocycles. The maximum absolute atomic E-state index is 12.1. The van der Waals surface area contributed by atoms with Crippen LogP contribution in [0.5, 0.6) is 5.75 Å². The Morgan fingerprint density at radius 3 is 2.65 bits per heavy atom. The Balaban J connectivity index is 1.68. The summed E-state index contributed by atoms with van der Waals surface area (Å²) in [5.74, 6) is -0.112. The molecule has 5 nitrogen and oxygen atoms in total. The SMILES string of the molecule is Cc1cccc2c(=O)oc(=O)n(CCCCOc3cccc(Cl)c3Cl)c12. The molecular weight excluding hydrogens is 377 g/mol. The van der Waals surface area contributed by atoms with E-state index in [1.165, 1.54) is 4.57 Å². The summed E-state index contributed by atoms with van der Waals surface area (Å²) in [5.41, 5.74) is 0.867. The smallest absolute Gasteiger partial charge is 0.422 e. The van der Waals surface area contributed by atoms with Crippen LogP contribution >= 0.6 is 23.2 Å². The van der Waals surface area contributed by atoms with Crippen LogP contribution in [0.15, 0.2) is 50.4 Å². The highest BCUT2D eigenvalue weighted by atomic mass is 35.5. The summed E-state index contributed by atoms with van der Waals surface area (Å²) in [4.78, 5) is 24.0. The zero-order valence-electron chi connectivity index (χ0n) is 14.1. The van der Waals surface area contributed by atoms with E-state index < -0.39 is 11.4 Å². The summed E-state index contributed by atoms with van der Waals surface area (Å²) < 4.78 is 12.0. The second-order valence-corrected chi connectivity index (χ2v) is 6.67. The first-order valence-electron chi connectivity index (χ1n) is 8.19. The fourth-order valence-corrected chi connectivity index (χ4v) is 3.16. The molecule has 0 N–H and O–H groups in total. The van der Waals surface area contributed by atoms with Crippen LogP contribution in [-0.2, 0) is 6.54 Å². The van der Waals surface area contributed by atoms with Crippen LogP contribution in [0.2, 0.25) is 10.0 Å². The van der Waals surface area contributed by atoms with Gasteiger partial charge < -0.3 is 9.15 Å². The van der Waals surface area contributed by atoms with Crippen molar-refractivity contribution in [1.29, 1.82) is 0 Å². The van der Waals surface area contributed by atoms with Crippen molar-refractivity contribution in [3.63, 3.8) is 0 Å². The maximum atomic E-state index is 12.1. The number of fused-ring (bicyclic) bond motifs is 1. The lowest BCUT2D eigenvalue weighted by molar-refractivity contribution is 0.301. The summed E-state index contributed by atoms with van der Waals surface area (Å²) in [5, 5.41) is 1.24. The first kappa shape index (κ1) is 18.5. The number of nitrogens with zero attached hydrogens (tertiary/aromatic N) is 1. The van der Waals surface area contributed by atoms with Gasteiger partial charge in [-0.05, 0) is 43.5 Å². The summed E-state index contributed by atoms with van der Waals surface area (Å²) in [6.07, 6.45) is 1.37. The van der Waals surface area contributed by atoms with Crippen molar-refractivity contribution in [2.45, 2.75) is 26.3 Å². The van der Waals surface area contributed by atoms with Crippen LogP contribution in [0.3, 0.4) is 0 Å². The number of para-hydroxylation sites is 1. The second kappa shape index (κ2) is 7.98. The Morgan fingerprint density at radius 1 is 1.08 bits per heavy atom. The lowest BCUT2D eigenvalue weighted by Crippen LogP contribution is -2.25. The average Bonchev–Trinajstić information content (AvgIpc) is 2.61. The number of aromatic nitrogens is 1. The molecule has 0 saturated heterocycles. The molecule has 0 spiro atoms. The van der Waals surface area contributed by atoms with Gasteiger partial charge >= 0.3 is 11.4 Å². The minimum atomic E-state index is -0.643. The van der Waals surface area contributed by atoms with Crippen LogP contribution in [0.4, 0.5) is 0 Å². The molecule has 0 aliphatic rings. The molecular formula is C19H17Cl2NO4. The number of hydrogen-bond acceptors (Lipinski definition) is 4. The first-order chi connectivity index (χ1) is 12.5. The highest BCUT2D eigenvalue weighted by molar-refractivity contribution is 6.42. The van der Waals surface area contributed by atoms with Gasteiger partial charge in [0.25, 0.3) is 0 Å². The standard InChI is InChI=1S/C19H17Cl2NO4/c1-12-6-4-7-13-17(12)22(19(24)26-18(13)23)10-2-3-11-25-15-9-5-8-14(20)16(15)21/h4-9H,2-3,10-11H2,1H3. The lowest BCUT2D eigenvalue weighted by Gasteiger charge is -2.11. The molecule has 1 aromatic heterocycles. The third-order valence-corrected chi connectivity index (χ3v) is 4.88. The molecule has 0 radical (unpaired) electrons. The molecule has 0 atom stereocenters. The van der Waals surface area contributed by atoms with E-state index in [2.05, 4.69) is 0 Å². The summed E-state index contributed by atoms with van der Waals surface area (Å²) in [6, 6.07) is 10.5. The van der Waals surface area contributed by atoms with E-state index in [0.29, 0.717) is 52.7 Å². The monoisotopic (exact) mass is 393 g/mol. The number of benzene rings is 2. The summed E-state index contributed by atoms with van der Waals surface area (Å²) in [6.45, 7) is 2.72. The van der Waals surface area contributed by atoms with Gasteiger partial charge in [-0.25, -0.2) is 9.59 Å². The number of aryl methyl sites for hydroxylation is 2. The molecule has 0 amide bonds. The van der Waals surface area contributed by atoms with Gasteiger partial charge in [-0.3, -0.25) is 4.57 Å². The Bertz CT molecular complexity index is 1060. The van der Waals surface area contributed by atoms with E-state index in [1.807, 2.05) is 13.0 Å². The third kappa shape index (κ3) is 3.79. The summed E-state index contributed by atoms with van der Waals surface area (Å²) in [7, 11) is 0. The lowest BCUT2D eigenvalue weighted by atomic mass is 10.1. The van der Waals surface area contributed by atoms with Gasteiger partial charge in [0, 0.05) is 6.54 Å². The number of rotatable bonds is 6. The highest BCUT2D eigenvalue weighted by Gasteiger charge is 2.11. The van der Waals surface area contributed by atoms with Crippen LogP contribution in [0.1, 0.15) is 18.4 Å². The van der Waals surface area contributed by atoms with Crippen molar-refractivity contribution < 1.29 is 9.15 Å². The minimum Gasteiger partial charge on any atom is -0.492 e. The van der Waals surface area contributed by atoms with Gasteiger partial charge in [-0.1, -0.05) is 41.4 Å². The Morgan fingerprint density at radius 2 is 1.85 bits per heavy atom. The van der Waals surface area contributed by atoms with Gasteiger partial charge in [0.15, 0.2) is 0 Å². The molecule has 3 aromatic rings. The molecule has 0 unspecified atom stereocenters. The molecule has 0 aliphatic heterocycles. The van der Waals surface area contributed by atoms with Crippen molar-refractivity contribution in [2.75, 3.05) is 6.61 Å². The third-order valence-electron chi connectivity index (χ3n) is 4.08. The fraction of sp³-hybridized carbons (Fsp3) is 0.263. The van der Waals surface area contributed by atoms with Gasteiger partial charge in [0.1, 0.15) is 10.8 Å². The average molecular weight is 394 g/mol. The van der Waals surface area contributed by atoms with Crippen molar-refractivity contribution in [2.24, 2.45) is 0 Å². The molecule has 2 aromatic carbocycles. The molecule has 0 fully saturated rings. The van der Waals surface area contributed by atoms with Crippen LogP contribution in [0, 0.1) is 6.92 Å². The number of unbranched alkanes of at least 4 members (excludes halogenated alkanes) is 1. The van der Waals surface area contributed by atoms with Crippen molar-refractivity contribution in [3.05, 3.63) is 73.0 Å². The molecule has 0 bridgehead atoms. The van der Waals surface area contributed by atoms with E-state index in [0.717, 1.165) is 5.56 Å². The van der Waals surface area contributed by atoms with Crippen molar-refractivity contribution in [3.8, 4) is 5.75 Å². The normalized spacial score (nSPS) is 11.0. The summed E-state index contributed by atoms with van der Waals surface area (Å²) >= 11 is 12.0. The van der Waals surface area contributed by atoms with E-state index in [9.17, 15) is 9.59 Å². The van der Waals surface area contributed by atoms with Gasteiger partial charge in [0.05, 0.1) is 22.5 Å². The molecule has 136 valence electrons. The van der Waals surface area contributed by atoms with Gasteiger partial charge in [0.2, 0.25) is 0 Å². The topological polar surface area (TPSA) is 61.4 Å². The van der Waals surface area contributed by atoms with E-state index in [-0.39, 0.29) is 0 Å². The number of ether oxygens (including phenoxy) is 1. The van der Waals surface area contributed by atoms with E-state index in [4.69, 9.17) is 32.4 Å². The Kier molecular flexibility index (Phi) is 5.69. The van der Waals surface area contributed by atoms with Crippen LogP contribution in [0.25, 0.3) is 10.9 Å². The van der Waals surface area contributed by atoms with Gasteiger partial charge in [-0.2, -0.15) is 0 Å². The Hall–Kier alpha value is -2.24. The molecule has 26 heavy (non-hydrogen) atoms. The van der Waals surface area contributed by atoms with Crippen LogP contribution < -0.4 is 16.1 Å². The van der Waals surface area contributed by atoms with Crippen LogP contribution in [-0.4, -0.2) is 11.2 Å². The van der Waals surface area contributed by atoms with Crippen molar-refractivity contribution >= 4 is 34.1 Å². The van der Waals surface area contributed by atoms with Crippen molar-refractivity contribution in [1.82, 2.24) is 4.57 Å². The quantitative estimate of drug-likeness (QED) is 0.581. The first-order valence-corrected chi connectivity index (χ1v) is 8.94. The van der Waals surface area contributed by atoms with E-state index in [1.54, 1.807) is 30.3 Å². The Labute approximate surface area is 159 Å². The van der Waals surface area contributed by atoms with Gasteiger partial charge in [-0.15, -0.1) is 0 Å². The fourth-order valence-electron chi connectivity index (χ4n) is 2.82. The maximum Gasteiger partial charge on any atom is 0.422 e. The number of hydrogen-bond donors (Lipinski definition) is 0. The molecule has 7 heteroatoms. The zero-order chi connectivity index (χ0) is 18.7. The molecule has 0 saturated carbocycles. The van der Waals surface area contributed by atoms with E-state index >= 15 is 0 Å². The minimum absolute atomic E-state index is 0.386. The predicted molar refractivity (Wildman–Crippen MR) is 103 cm³/mol. The molecule has 3 rings (SSSR count). The highest BCUT2D eigenvalue weighted by Crippen LogP contribution is 2.31. The second-order valence-electron chi connectivity index (χ2n) is 5.89.